The predicted octanol–water partition coefficient (Wildman–Crippen LogP) is 5.99. The number of amides is 1. The molecule has 0 aliphatic heterocycles. The number of nitrogen functional groups attached to an aromatic ring is 1. The van der Waals surface area contributed by atoms with Crippen molar-refractivity contribution in [2.45, 2.75) is 0 Å². The maximum Gasteiger partial charge on any atom is 0.257 e. The second-order valence-electron chi connectivity index (χ2n) is 6.57. The minimum absolute atomic E-state index is 0.239. The molecule has 4 rings (SSSR count). The molecule has 3 N–H and O–H groups in total. The van der Waals surface area contributed by atoms with Crippen LogP contribution >= 0.6 is 0 Å². The van der Waals surface area contributed by atoms with Crippen LogP contribution in [0.5, 0.6) is 0 Å². The first-order chi connectivity index (χ1) is 14.2. The number of benzene rings is 4. The molecule has 0 atom stereocenters. The molecule has 0 saturated heterocycles. The lowest BCUT2D eigenvalue weighted by Gasteiger charge is -2.27. The average Bonchev–Trinajstić information content (AvgIpc) is 2.77. The van der Waals surface area contributed by atoms with Gasteiger partial charge in [-0.25, -0.2) is 0 Å². The summed E-state index contributed by atoms with van der Waals surface area (Å²) in [6.07, 6.45) is 0. The fourth-order valence-corrected chi connectivity index (χ4v) is 3.25. The van der Waals surface area contributed by atoms with Gasteiger partial charge >= 0.3 is 0 Å². The normalized spacial score (nSPS) is 10.3. The molecule has 4 aromatic carbocycles. The van der Waals surface area contributed by atoms with E-state index in [0.29, 0.717) is 16.9 Å². The molecule has 4 nitrogen and oxygen atoms in total. The van der Waals surface area contributed by atoms with Crippen molar-refractivity contribution in [1.29, 1.82) is 0 Å². The summed E-state index contributed by atoms with van der Waals surface area (Å²) in [6, 6.07) is 34.9. The largest absolute Gasteiger partial charge is 0.398 e. The van der Waals surface area contributed by atoms with Crippen molar-refractivity contribution in [3.05, 3.63) is 115 Å². The third-order valence-corrected chi connectivity index (χ3v) is 4.63. The van der Waals surface area contributed by atoms with Crippen LogP contribution in [0.3, 0.4) is 0 Å². The quantitative estimate of drug-likeness (QED) is 0.419. The Bertz CT molecular complexity index is 1070. The Hall–Kier alpha value is -4.05. The predicted molar refractivity (Wildman–Crippen MR) is 120 cm³/mol. The summed E-state index contributed by atoms with van der Waals surface area (Å²) in [6.45, 7) is 0. The van der Waals surface area contributed by atoms with Crippen molar-refractivity contribution in [3.8, 4) is 0 Å². The van der Waals surface area contributed by atoms with E-state index in [-0.39, 0.29) is 5.91 Å². The van der Waals surface area contributed by atoms with Gasteiger partial charge in [0, 0.05) is 17.1 Å². The molecule has 0 saturated carbocycles. The third-order valence-electron chi connectivity index (χ3n) is 4.63. The van der Waals surface area contributed by atoms with Crippen molar-refractivity contribution < 1.29 is 4.79 Å². The summed E-state index contributed by atoms with van der Waals surface area (Å²) in [4.78, 5) is 15.0. The minimum atomic E-state index is -0.239. The van der Waals surface area contributed by atoms with Gasteiger partial charge in [-0.15, -0.1) is 0 Å². The zero-order valence-electron chi connectivity index (χ0n) is 15.8. The van der Waals surface area contributed by atoms with Gasteiger partial charge in [-0.2, -0.15) is 0 Å². The minimum Gasteiger partial charge on any atom is -0.398 e. The first kappa shape index (κ1) is 18.3. The van der Waals surface area contributed by atoms with Crippen molar-refractivity contribution in [2.24, 2.45) is 0 Å². The summed E-state index contributed by atoms with van der Waals surface area (Å²) < 4.78 is 0. The number of nitrogens with zero attached hydrogens (tertiary/aromatic N) is 1. The second kappa shape index (κ2) is 8.31. The lowest BCUT2D eigenvalue weighted by Crippen LogP contribution is -2.17. The van der Waals surface area contributed by atoms with Crippen LogP contribution in [0.4, 0.5) is 28.4 Å². The fraction of sp³-hybridized carbons (Fsp3) is 0. The Kier molecular flexibility index (Phi) is 5.25. The summed E-state index contributed by atoms with van der Waals surface area (Å²) in [7, 11) is 0. The van der Waals surface area contributed by atoms with E-state index in [1.807, 2.05) is 91.0 Å². The van der Waals surface area contributed by atoms with Gasteiger partial charge in [0.25, 0.3) is 5.91 Å². The number of hydrogen-bond donors (Lipinski definition) is 2. The average molecular weight is 379 g/mol. The number of rotatable bonds is 5. The van der Waals surface area contributed by atoms with E-state index < -0.39 is 0 Å². The van der Waals surface area contributed by atoms with Crippen LogP contribution in [0.1, 0.15) is 10.4 Å². The van der Waals surface area contributed by atoms with Gasteiger partial charge in [0.05, 0.1) is 16.9 Å². The molecule has 4 heteroatoms. The highest BCUT2D eigenvalue weighted by Gasteiger charge is 2.17. The van der Waals surface area contributed by atoms with E-state index in [1.54, 1.807) is 18.2 Å². The van der Waals surface area contributed by atoms with E-state index in [0.717, 1.165) is 17.1 Å². The molecule has 0 bridgehead atoms. The molecule has 0 aromatic heterocycles. The van der Waals surface area contributed by atoms with Crippen molar-refractivity contribution in [1.82, 2.24) is 0 Å². The van der Waals surface area contributed by atoms with Crippen LogP contribution in [-0.4, -0.2) is 5.91 Å². The Labute approximate surface area is 170 Å². The fourth-order valence-electron chi connectivity index (χ4n) is 3.25. The number of hydrogen-bond acceptors (Lipinski definition) is 3. The van der Waals surface area contributed by atoms with Crippen LogP contribution in [0.25, 0.3) is 0 Å². The molecule has 0 aliphatic rings. The van der Waals surface area contributed by atoms with Crippen LogP contribution < -0.4 is 16.0 Å². The number of carbonyl (C=O) groups is 1. The molecule has 0 fully saturated rings. The summed E-state index contributed by atoms with van der Waals surface area (Å²) in [5, 5.41) is 3.03. The topological polar surface area (TPSA) is 58.4 Å². The summed E-state index contributed by atoms with van der Waals surface area (Å²) in [5.74, 6) is -0.239. The molecule has 0 radical (unpaired) electrons. The SMILES string of the molecule is Nc1ccccc1C(=O)Nc1ccccc1N(c1ccccc1)c1ccccc1. The Morgan fingerprint density at radius 3 is 1.79 bits per heavy atom. The molecule has 0 aliphatic carbocycles. The van der Waals surface area contributed by atoms with E-state index in [4.69, 9.17) is 5.73 Å². The van der Waals surface area contributed by atoms with E-state index in [1.165, 1.54) is 0 Å². The van der Waals surface area contributed by atoms with Crippen LogP contribution in [0.2, 0.25) is 0 Å². The van der Waals surface area contributed by atoms with Crippen LogP contribution in [-0.2, 0) is 0 Å². The van der Waals surface area contributed by atoms with Gasteiger partial charge in [-0.05, 0) is 48.5 Å². The molecule has 0 spiro atoms. The lowest BCUT2D eigenvalue weighted by atomic mass is 10.1. The Morgan fingerprint density at radius 2 is 1.17 bits per heavy atom. The second-order valence-corrected chi connectivity index (χ2v) is 6.57. The summed E-state index contributed by atoms with van der Waals surface area (Å²) in [5.41, 5.74) is 10.5. The number of anilines is 5. The number of nitrogens with one attached hydrogen (secondary N) is 1. The van der Waals surface area contributed by atoms with Crippen LogP contribution in [0.15, 0.2) is 109 Å². The van der Waals surface area contributed by atoms with Crippen molar-refractivity contribution >= 4 is 34.3 Å². The zero-order valence-corrected chi connectivity index (χ0v) is 15.8. The van der Waals surface area contributed by atoms with Gasteiger partial charge in [0.1, 0.15) is 0 Å². The van der Waals surface area contributed by atoms with E-state index >= 15 is 0 Å². The smallest absolute Gasteiger partial charge is 0.257 e. The number of carbonyl (C=O) groups excluding carboxylic acids is 1. The van der Waals surface area contributed by atoms with Gasteiger partial charge < -0.3 is 16.0 Å². The first-order valence-corrected chi connectivity index (χ1v) is 9.39. The van der Waals surface area contributed by atoms with Crippen molar-refractivity contribution in [3.63, 3.8) is 0 Å². The van der Waals surface area contributed by atoms with Crippen molar-refractivity contribution in [2.75, 3.05) is 16.0 Å². The number of nitrogens with two attached hydrogens (primary N) is 1. The van der Waals surface area contributed by atoms with E-state index in [9.17, 15) is 4.79 Å². The summed E-state index contributed by atoms with van der Waals surface area (Å²) >= 11 is 0. The maximum atomic E-state index is 12.9. The maximum absolute atomic E-state index is 12.9. The molecule has 29 heavy (non-hydrogen) atoms. The molecule has 0 heterocycles. The molecule has 0 unspecified atom stereocenters. The van der Waals surface area contributed by atoms with Gasteiger partial charge in [0.15, 0.2) is 0 Å². The molecular formula is C25H21N3O. The van der Waals surface area contributed by atoms with Gasteiger partial charge in [-0.1, -0.05) is 60.7 Å². The Balaban J connectivity index is 1.77. The highest BCUT2D eigenvalue weighted by molar-refractivity contribution is 6.09. The first-order valence-electron chi connectivity index (χ1n) is 9.39. The lowest BCUT2D eigenvalue weighted by molar-refractivity contribution is 0.102. The van der Waals surface area contributed by atoms with Crippen LogP contribution in [0, 0.1) is 0 Å². The van der Waals surface area contributed by atoms with Gasteiger partial charge in [0.2, 0.25) is 0 Å². The highest BCUT2D eigenvalue weighted by Crippen LogP contribution is 2.38. The molecule has 142 valence electrons. The standard InChI is InChI=1S/C25H21N3O/c26-22-16-8-7-15-21(22)25(29)27-23-17-9-10-18-24(23)28(19-11-3-1-4-12-19)20-13-5-2-6-14-20/h1-18H,26H2,(H,27,29). The Morgan fingerprint density at radius 1 is 0.655 bits per heavy atom. The van der Waals surface area contributed by atoms with E-state index in [2.05, 4.69) is 10.2 Å². The highest BCUT2D eigenvalue weighted by atomic mass is 16.1. The zero-order chi connectivity index (χ0) is 20.1. The monoisotopic (exact) mass is 379 g/mol. The molecular weight excluding hydrogens is 358 g/mol. The molecule has 1 amide bonds. The van der Waals surface area contributed by atoms with Gasteiger partial charge in [-0.3, -0.25) is 4.79 Å². The third kappa shape index (κ3) is 3.96. The molecule has 4 aromatic rings. The number of para-hydroxylation sites is 5.